The number of azide groups is 1. The molecule has 1 saturated heterocycles. The maximum atomic E-state index is 9.46. The molecule has 0 saturated carbocycles. The van der Waals surface area contributed by atoms with Gasteiger partial charge in [0.25, 0.3) is 0 Å². The van der Waals surface area contributed by atoms with E-state index >= 15 is 0 Å². The molecule has 188 valence electrons. The van der Waals surface area contributed by atoms with Crippen molar-refractivity contribution in [1.82, 2.24) is 0 Å². The molecule has 7 nitrogen and oxygen atoms in total. The monoisotopic (exact) mass is 505 g/mol. The number of hydrogen-bond donors (Lipinski definition) is 0. The number of rotatable bonds is 11. The largest absolute Gasteiger partial charge is 0.497 e. The Morgan fingerprint density at radius 2 is 1.47 bits per heavy atom. The second-order valence-electron chi connectivity index (χ2n) is 8.46. The van der Waals surface area contributed by atoms with Crippen LogP contribution in [0.1, 0.15) is 24.5 Å². The molecule has 0 bridgehead atoms. The molecule has 3 aromatic rings. The lowest BCUT2D eigenvalue weighted by Crippen LogP contribution is -2.57. The summed E-state index contributed by atoms with van der Waals surface area (Å²) in [5.74, 6) is 0.791. The Morgan fingerprint density at radius 3 is 2.08 bits per heavy atom. The van der Waals surface area contributed by atoms with Gasteiger partial charge >= 0.3 is 0 Å². The van der Waals surface area contributed by atoms with E-state index in [0.29, 0.717) is 13.2 Å². The summed E-state index contributed by atoms with van der Waals surface area (Å²) in [6.07, 6.45) is -0.397. The number of hydrogen-bond acceptors (Lipinski definition) is 6. The zero-order chi connectivity index (χ0) is 25.2. The minimum Gasteiger partial charge on any atom is -0.497 e. The number of ether oxygens (including phenoxy) is 4. The number of nitrogens with zero attached hydrogens (tertiary/aromatic N) is 3. The number of benzene rings is 3. The number of methoxy groups -OCH3 is 1. The molecular weight excluding hydrogens is 474 g/mol. The Morgan fingerprint density at radius 1 is 0.861 bits per heavy atom. The zero-order valence-electron chi connectivity index (χ0n) is 20.5. The summed E-state index contributed by atoms with van der Waals surface area (Å²) in [5, 5.41) is 4.16. The predicted molar refractivity (Wildman–Crippen MR) is 141 cm³/mol. The van der Waals surface area contributed by atoms with Crippen LogP contribution in [0.5, 0.6) is 5.75 Å². The summed E-state index contributed by atoms with van der Waals surface area (Å²) in [6, 6.07) is 27.1. The summed E-state index contributed by atoms with van der Waals surface area (Å²) in [4.78, 5) is 4.20. The average molecular weight is 506 g/mol. The maximum absolute atomic E-state index is 9.46. The minimum atomic E-state index is -0.576. The van der Waals surface area contributed by atoms with Crippen molar-refractivity contribution < 1.29 is 18.9 Å². The highest BCUT2D eigenvalue weighted by Gasteiger charge is 2.47. The highest BCUT2D eigenvalue weighted by Crippen LogP contribution is 2.38. The van der Waals surface area contributed by atoms with Gasteiger partial charge in [0, 0.05) is 9.81 Å². The Kier molecular flexibility index (Phi) is 9.67. The van der Waals surface area contributed by atoms with E-state index in [0.717, 1.165) is 28.2 Å². The Balaban J connectivity index is 1.59. The van der Waals surface area contributed by atoms with Crippen molar-refractivity contribution in [2.45, 2.75) is 61.2 Å². The SMILES string of the molecule is CCC1O[C@H](Sc2ccccc2)C(N=[N+]=[N-])[C@H](OCc2ccccc2)[C@@H]1OCc1ccc(OC)cc1. The van der Waals surface area contributed by atoms with E-state index < -0.39 is 23.7 Å². The van der Waals surface area contributed by atoms with Crippen LogP contribution in [0.3, 0.4) is 0 Å². The normalized spacial score (nSPS) is 23.6. The second kappa shape index (κ2) is 13.3. The fourth-order valence-corrected chi connectivity index (χ4v) is 5.34. The van der Waals surface area contributed by atoms with E-state index in [1.54, 1.807) is 18.9 Å². The highest BCUT2D eigenvalue weighted by molar-refractivity contribution is 7.99. The fourth-order valence-electron chi connectivity index (χ4n) is 4.21. The maximum Gasteiger partial charge on any atom is 0.119 e. The van der Waals surface area contributed by atoms with Crippen LogP contribution in [-0.4, -0.2) is 36.9 Å². The Hall–Kier alpha value is -3.00. The van der Waals surface area contributed by atoms with Crippen LogP contribution in [0.25, 0.3) is 10.4 Å². The van der Waals surface area contributed by atoms with Crippen molar-refractivity contribution in [1.29, 1.82) is 0 Å². The zero-order valence-corrected chi connectivity index (χ0v) is 21.3. The first-order valence-corrected chi connectivity index (χ1v) is 12.9. The highest BCUT2D eigenvalue weighted by atomic mass is 32.2. The molecule has 1 aliphatic heterocycles. The molecule has 0 spiro atoms. The van der Waals surface area contributed by atoms with E-state index in [1.807, 2.05) is 84.9 Å². The fraction of sp³-hybridized carbons (Fsp3) is 0.357. The third-order valence-corrected chi connectivity index (χ3v) is 7.25. The molecule has 2 unspecified atom stereocenters. The third-order valence-electron chi connectivity index (χ3n) is 6.08. The molecule has 1 aliphatic rings. The van der Waals surface area contributed by atoms with Crippen molar-refractivity contribution >= 4 is 11.8 Å². The van der Waals surface area contributed by atoms with Crippen molar-refractivity contribution in [3.63, 3.8) is 0 Å². The first-order chi connectivity index (χ1) is 17.7. The molecule has 0 aromatic heterocycles. The van der Waals surface area contributed by atoms with Gasteiger partial charge in [0.2, 0.25) is 0 Å². The van der Waals surface area contributed by atoms with Crippen LogP contribution >= 0.6 is 11.8 Å². The smallest absolute Gasteiger partial charge is 0.119 e. The van der Waals surface area contributed by atoms with Gasteiger partial charge in [0.05, 0.1) is 32.5 Å². The van der Waals surface area contributed by atoms with Crippen LogP contribution < -0.4 is 4.74 Å². The van der Waals surface area contributed by atoms with Gasteiger partial charge in [-0.15, -0.1) is 0 Å². The summed E-state index contributed by atoms with van der Waals surface area (Å²) >= 11 is 1.54. The molecule has 3 aromatic carbocycles. The average Bonchev–Trinajstić information content (AvgIpc) is 2.93. The van der Waals surface area contributed by atoms with Gasteiger partial charge in [0.15, 0.2) is 0 Å². The summed E-state index contributed by atoms with van der Waals surface area (Å²) in [7, 11) is 1.64. The second-order valence-corrected chi connectivity index (χ2v) is 9.63. The Labute approximate surface area is 216 Å². The summed E-state index contributed by atoms with van der Waals surface area (Å²) in [6.45, 7) is 2.82. The first kappa shape index (κ1) is 26.1. The molecule has 36 heavy (non-hydrogen) atoms. The topological polar surface area (TPSA) is 85.7 Å². The lowest BCUT2D eigenvalue weighted by Gasteiger charge is -2.44. The van der Waals surface area contributed by atoms with Gasteiger partial charge in [-0.25, -0.2) is 0 Å². The predicted octanol–water partition coefficient (Wildman–Crippen LogP) is 6.77. The Bertz CT molecular complexity index is 1110. The van der Waals surface area contributed by atoms with Crippen molar-refractivity contribution in [2.75, 3.05) is 7.11 Å². The van der Waals surface area contributed by atoms with Gasteiger partial charge in [-0.05, 0) is 47.3 Å². The first-order valence-electron chi connectivity index (χ1n) is 12.0. The lowest BCUT2D eigenvalue weighted by atomic mass is 9.96. The molecule has 4 rings (SSSR count). The molecule has 1 heterocycles. The molecule has 8 heteroatoms. The van der Waals surface area contributed by atoms with E-state index in [4.69, 9.17) is 18.9 Å². The van der Waals surface area contributed by atoms with Gasteiger partial charge in [0.1, 0.15) is 23.3 Å². The van der Waals surface area contributed by atoms with E-state index in [2.05, 4.69) is 16.9 Å². The molecule has 5 atom stereocenters. The van der Waals surface area contributed by atoms with Gasteiger partial charge < -0.3 is 18.9 Å². The third kappa shape index (κ3) is 6.81. The van der Waals surface area contributed by atoms with Gasteiger partial charge in [-0.2, -0.15) is 0 Å². The van der Waals surface area contributed by atoms with Crippen LogP contribution in [0.2, 0.25) is 0 Å². The van der Waals surface area contributed by atoms with Crippen molar-refractivity contribution in [3.05, 3.63) is 106 Å². The molecule has 0 radical (unpaired) electrons. The molecule has 1 fully saturated rings. The summed E-state index contributed by atoms with van der Waals surface area (Å²) < 4.78 is 24.7. The van der Waals surface area contributed by atoms with Gasteiger partial charge in [-0.1, -0.05) is 84.5 Å². The quantitative estimate of drug-likeness (QED) is 0.163. The molecular formula is C28H31N3O4S. The standard InChI is InChI=1S/C28H31N3O4S/c1-3-24-26(33-19-21-14-16-22(32-2)17-15-21)27(34-18-20-10-6-4-7-11-20)25(30-31-29)28(35-24)36-23-12-8-5-9-13-23/h4-17,24-28H,3,18-19H2,1-2H3/t24?,25?,26-,27+,28-/m1/s1. The number of thioether (sulfide) groups is 1. The van der Waals surface area contributed by atoms with Crippen LogP contribution in [0.15, 0.2) is 94.9 Å². The van der Waals surface area contributed by atoms with E-state index in [-0.39, 0.29) is 6.10 Å². The minimum absolute atomic E-state index is 0.227. The molecule has 0 amide bonds. The lowest BCUT2D eigenvalue weighted by molar-refractivity contribution is -0.199. The van der Waals surface area contributed by atoms with Crippen LogP contribution in [0.4, 0.5) is 0 Å². The van der Waals surface area contributed by atoms with E-state index in [9.17, 15) is 5.53 Å². The van der Waals surface area contributed by atoms with Crippen molar-refractivity contribution in [2.24, 2.45) is 5.11 Å². The molecule has 0 aliphatic carbocycles. The van der Waals surface area contributed by atoms with E-state index in [1.165, 1.54) is 0 Å². The summed E-state index contributed by atoms with van der Waals surface area (Å²) in [5.41, 5.74) is 11.1. The molecule has 0 N–H and O–H groups in total. The van der Waals surface area contributed by atoms with Crippen LogP contribution in [0, 0.1) is 0 Å². The van der Waals surface area contributed by atoms with Crippen molar-refractivity contribution in [3.8, 4) is 5.75 Å². The van der Waals surface area contributed by atoms with Crippen LogP contribution in [-0.2, 0) is 27.4 Å². The van der Waals surface area contributed by atoms with Gasteiger partial charge in [-0.3, -0.25) is 0 Å².